The highest BCUT2D eigenvalue weighted by Crippen LogP contribution is 2.45. The maximum Gasteiger partial charge on any atom is 0.293 e. The molecule has 8 heteroatoms. The highest BCUT2D eigenvalue weighted by Gasteiger charge is 2.41. The first-order chi connectivity index (χ1) is 13.9. The molecule has 0 aromatic heterocycles. The van der Waals surface area contributed by atoms with Crippen LogP contribution < -0.4 is 4.90 Å². The van der Waals surface area contributed by atoms with E-state index in [4.69, 9.17) is 11.6 Å². The molecule has 2 aliphatic rings. The van der Waals surface area contributed by atoms with Gasteiger partial charge in [0.05, 0.1) is 4.92 Å². The summed E-state index contributed by atoms with van der Waals surface area (Å²) in [6.07, 6.45) is 1.19. The van der Waals surface area contributed by atoms with Crippen molar-refractivity contribution in [2.75, 3.05) is 4.90 Å². The summed E-state index contributed by atoms with van der Waals surface area (Å²) >= 11 is 6.05. The van der Waals surface area contributed by atoms with Crippen LogP contribution >= 0.6 is 11.6 Å². The van der Waals surface area contributed by atoms with Crippen LogP contribution in [0.2, 0.25) is 5.02 Å². The number of ketones is 1. The van der Waals surface area contributed by atoms with Crippen LogP contribution in [0.15, 0.2) is 53.7 Å². The summed E-state index contributed by atoms with van der Waals surface area (Å²) in [5.41, 5.74) is 1.19. The predicted octanol–water partition coefficient (Wildman–Crippen LogP) is 4.91. The molecule has 0 N–H and O–H groups in total. The average Bonchev–Trinajstić information content (AvgIpc) is 2.67. The number of nitro groups is 1. The SMILES string of the molecule is O=C1CCCC2=C1C(c1cccc(F)c1)CC(=O)N2c1cc(Cl)ccc1[N+](=O)[O-]. The van der Waals surface area contributed by atoms with Crippen LogP contribution in [0.1, 0.15) is 37.2 Å². The van der Waals surface area contributed by atoms with Crippen molar-refractivity contribution in [3.8, 4) is 0 Å². The lowest BCUT2D eigenvalue weighted by Crippen LogP contribution is -2.40. The van der Waals surface area contributed by atoms with Crippen molar-refractivity contribution < 1.29 is 18.9 Å². The lowest BCUT2D eigenvalue weighted by Gasteiger charge is -2.38. The van der Waals surface area contributed by atoms with E-state index in [0.29, 0.717) is 36.1 Å². The van der Waals surface area contributed by atoms with E-state index in [1.54, 1.807) is 6.07 Å². The summed E-state index contributed by atoms with van der Waals surface area (Å²) in [7, 11) is 0. The summed E-state index contributed by atoms with van der Waals surface area (Å²) in [6.45, 7) is 0. The van der Waals surface area contributed by atoms with Gasteiger partial charge in [0.25, 0.3) is 5.69 Å². The molecule has 2 aromatic carbocycles. The molecule has 6 nitrogen and oxygen atoms in total. The second kappa shape index (κ2) is 7.40. The number of anilines is 1. The smallest absolute Gasteiger partial charge is 0.293 e. The molecule has 1 atom stereocenters. The Balaban J connectivity index is 1.92. The molecule has 0 radical (unpaired) electrons. The van der Waals surface area contributed by atoms with Gasteiger partial charge in [-0.05, 0) is 42.7 Å². The van der Waals surface area contributed by atoms with Gasteiger partial charge in [-0.2, -0.15) is 0 Å². The average molecular weight is 415 g/mol. The molecule has 4 rings (SSSR count). The van der Waals surface area contributed by atoms with E-state index in [9.17, 15) is 24.1 Å². The molecule has 0 saturated carbocycles. The van der Waals surface area contributed by atoms with E-state index in [1.807, 2.05) is 0 Å². The first kappa shape index (κ1) is 19.3. The molecule has 1 heterocycles. The number of rotatable bonds is 3. The van der Waals surface area contributed by atoms with Crippen molar-refractivity contribution in [2.45, 2.75) is 31.6 Å². The lowest BCUT2D eigenvalue weighted by atomic mass is 9.77. The molecular weight excluding hydrogens is 399 g/mol. The topological polar surface area (TPSA) is 80.5 Å². The minimum atomic E-state index is -0.581. The number of nitro benzene ring substituents is 1. The number of allylic oxidation sites excluding steroid dienone is 2. The number of carbonyl (C=O) groups excluding carboxylic acids is 2. The number of halogens is 2. The quantitative estimate of drug-likeness (QED) is 0.527. The molecule has 0 fully saturated rings. The number of amides is 1. The molecule has 0 bridgehead atoms. The number of hydrogen-bond donors (Lipinski definition) is 0. The fourth-order valence-corrected chi connectivity index (χ4v) is 4.28. The Morgan fingerprint density at radius 2 is 1.93 bits per heavy atom. The van der Waals surface area contributed by atoms with Crippen molar-refractivity contribution in [3.63, 3.8) is 0 Å². The Morgan fingerprint density at radius 1 is 1.14 bits per heavy atom. The Kier molecular flexibility index (Phi) is 4.92. The van der Waals surface area contributed by atoms with Gasteiger partial charge in [-0.25, -0.2) is 4.39 Å². The summed E-state index contributed by atoms with van der Waals surface area (Å²) in [5, 5.41) is 11.8. The van der Waals surface area contributed by atoms with E-state index >= 15 is 0 Å². The van der Waals surface area contributed by atoms with Crippen LogP contribution in [0.25, 0.3) is 0 Å². The van der Waals surface area contributed by atoms with Gasteiger partial charge in [-0.1, -0.05) is 23.7 Å². The van der Waals surface area contributed by atoms with Crippen LogP contribution in [0.4, 0.5) is 15.8 Å². The normalized spacial score (nSPS) is 19.4. The standard InChI is InChI=1S/C21H16ClFN2O4/c22-13-7-8-16(25(28)29)18(10-13)24-17-5-2-6-19(26)21(17)15(11-20(24)27)12-3-1-4-14(23)9-12/h1,3-4,7-10,15H,2,5-6,11H2. The summed E-state index contributed by atoms with van der Waals surface area (Å²) in [5.74, 6) is -1.54. The number of hydrogen-bond acceptors (Lipinski definition) is 4. The van der Waals surface area contributed by atoms with Gasteiger partial charge >= 0.3 is 0 Å². The van der Waals surface area contributed by atoms with E-state index in [2.05, 4.69) is 0 Å². The Morgan fingerprint density at radius 3 is 2.66 bits per heavy atom. The molecule has 2 aromatic rings. The lowest BCUT2D eigenvalue weighted by molar-refractivity contribution is -0.384. The monoisotopic (exact) mass is 414 g/mol. The third-order valence-electron chi connectivity index (χ3n) is 5.30. The Hall–Kier alpha value is -3.06. The molecule has 0 saturated heterocycles. The maximum absolute atomic E-state index is 13.8. The van der Waals surface area contributed by atoms with Crippen LogP contribution in [0.3, 0.4) is 0 Å². The zero-order chi connectivity index (χ0) is 20.7. The van der Waals surface area contributed by atoms with Crippen molar-refractivity contribution in [3.05, 3.63) is 80.3 Å². The van der Waals surface area contributed by atoms with Crippen molar-refractivity contribution in [1.29, 1.82) is 0 Å². The van der Waals surface area contributed by atoms with Crippen LogP contribution in [0, 0.1) is 15.9 Å². The fourth-order valence-electron chi connectivity index (χ4n) is 4.11. The summed E-state index contributed by atoms with van der Waals surface area (Å²) < 4.78 is 13.8. The molecule has 29 heavy (non-hydrogen) atoms. The zero-order valence-corrected chi connectivity index (χ0v) is 16.0. The van der Waals surface area contributed by atoms with Gasteiger partial charge in [-0.3, -0.25) is 24.6 Å². The fraction of sp³-hybridized carbons (Fsp3) is 0.238. The minimum Gasteiger partial charge on any atom is -0.294 e. The minimum absolute atomic E-state index is 0.0485. The van der Waals surface area contributed by atoms with Gasteiger partial charge in [-0.15, -0.1) is 0 Å². The molecule has 1 amide bonds. The molecule has 148 valence electrons. The first-order valence-corrected chi connectivity index (χ1v) is 9.53. The maximum atomic E-state index is 13.8. The van der Waals surface area contributed by atoms with Crippen LogP contribution in [-0.2, 0) is 9.59 Å². The molecular formula is C21H16ClFN2O4. The van der Waals surface area contributed by atoms with Gasteiger partial charge in [0.15, 0.2) is 5.78 Å². The van der Waals surface area contributed by atoms with E-state index in [0.717, 1.165) is 0 Å². The number of carbonyl (C=O) groups is 2. The second-order valence-corrected chi connectivity index (χ2v) is 7.50. The molecule has 1 aliphatic heterocycles. The van der Waals surface area contributed by atoms with E-state index in [-0.39, 0.29) is 28.6 Å². The highest BCUT2D eigenvalue weighted by atomic mass is 35.5. The van der Waals surface area contributed by atoms with Gasteiger partial charge in [0.1, 0.15) is 11.5 Å². The van der Waals surface area contributed by atoms with Gasteiger partial charge in [0.2, 0.25) is 5.91 Å². The van der Waals surface area contributed by atoms with E-state index < -0.39 is 22.6 Å². The van der Waals surface area contributed by atoms with Gasteiger partial charge in [0, 0.05) is 41.1 Å². The number of benzene rings is 2. The first-order valence-electron chi connectivity index (χ1n) is 9.15. The molecule has 0 spiro atoms. The van der Waals surface area contributed by atoms with Gasteiger partial charge < -0.3 is 0 Å². The highest BCUT2D eigenvalue weighted by molar-refractivity contribution is 6.31. The Bertz CT molecular complexity index is 1080. The summed E-state index contributed by atoms with van der Waals surface area (Å²) in [4.78, 5) is 38.2. The van der Waals surface area contributed by atoms with Crippen LogP contribution in [-0.4, -0.2) is 16.6 Å². The largest absolute Gasteiger partial charge is 0.294 e. The predicted molar refractivity (Wildman–Crippen MR) is 105 cm³/mol. The second-order valence-electron chi connectivity index (χ2n) is 7.07. The number of nitrogens with zero attached hydrogens (tertiary/aromatic N) is 2. The molecule has 1 aliphatic carbocycles. The van der Waals surface area contributed by atoms with Crippen molar-refractivity contribution in [1.82, 2.24) is 0 Å². The third kappa shape index (κ3) is 3.42. The zero-order valence-electron chi connectivity index (χ0n) is 15.2. The van der Waals surface area contributed by atoms with Crippen molar-refractivity contribution in [2.24, 2.45) is 0 Å². The number of Topliss-reactive ketones (excluding diaryl/α,β-unsaturated/α-hetero) is 1. The van der Waals surface area contributed by atoms with E-state index in [1.165, 1.54) is 41.3 Å². The summed E-state index contributed by atoms with van der Waals surface area (Å²) in [6, 6.07) is 9.84. The third-order valence-corrected chi connectivity index (χ3v) is 5.54. The molecule has 1 unspecified atom stereocenters. The Labute approximate surface area is 170 Å². The van der Waals surface area contributed by atoms with Crippen LogP contribution in [0.5, 0.6) is 0 Å². The van der Waals surface area contributed by atoms with Crippen molar-refractivity contribution >= 4 is 34.7 Å².